The van der Waals surface area contributed by atoms with Crippen LogP contribution in [-0.2, 0) is 20.1 Å². The number of benzene rings is 1. The Morgan fingerprint density at radius 3 is 2.64 bits per heavy atom. The molecule has 0 aliphatic rings. The number of aromatic nitrogens is 4. The average Bonchev–Trinajstić information content (AvgIpc) is 3.13. The molecular formula is C18H22N6S. The van der Waals surface area contributed by atoms with Crippen LogP contribution in [0.3, 0.4) is 0 Å². The molecule has 2 N–H and O–H groups in total. The van der Waals surface area contributed by atoms with E-state index in [9.17, 15) is 0 Å². The van der Waals surface area contributed by atoms with E-state index in [0.29, 0.717) is 11.7 Å². The van der Waals surface area contributed by atoms with Crippen molar-refractivity contribution in [1.29, 1.82) is 0 Å². The lowest BCUT2D eigenvalue weighted by Crippen LogP contribution is -2.28. The fraction of sp³-hybridized carbons (Fsp3) is 0.278. The van der Waals surface area contributed by atoms with Crippen molar-refractivity contribution in [1.82, 2.24) is 24.9 Å². The molecule has 7 heteroatoms. The van der Waals surface area contributed by atoms with Gasteiger partial charge in [-0.2, -0.15) is 10.2 Å². The summed E-state index contributed by atoms with van der Waals surface area (Å²) >= 11 is 5.35. The summed E-state index contributed by atoms with van der Waals surface area (Å²) in [7, 11) is 1.91. The second-order valence-electron chi connectivity index (χ2n) is 6.05. The number of nitrogens with one attached hydrogen (secondary N) is 2. The molecule has 0 aliphatic heterocycles. The molecule has 130 valence electrons. The SMILES string of the molecule is Cc1ccccc1Cn1ccc(NC(=S)NCc2cn(C)nc2C)n1. The monoisotopic (exact) mass is 354 g/mol. The highest BCUT2D eigenvalue weighted by atomic mass is 32.1. The Bertz CT molecular complexity index is 879. The van der Waals surface area contributed by atoms with Crippen LogP contribution in [0.5, 0.6) is 0 Å². The summed E-state index contributed by atoms with van der Waals surface area (Å²) < 4.78 is 3.70. The third kappa shape index (κ3) is 4.45. The summed E-state index contributed by atoms with van der Waals surface area (Å²) in [4.78, 5) is 0. The Hall–Kier alpha value is -2.67. The lowest BCUT2D eigenvalue weighted by atomic mass is 10.1. The van der Waals surface area contributed by atoms with Crippen molar-refractivity contribution in [2.45, 2.75) is 26.9 Å². The summed E-state index contributed by atoms with van der Waals surface area (Å²) in [5.41, 5.74) is 4.64. The maximum Gasteiger partial charge on any atom is 0.172 e. The predicted molar refractivity (Wildman–Crippen MR) is 104 cm³/mol. The van der Waals surface area contributed by atoms with Crippen LogP contribution in [0.2, 0.25) is 0 Å². The first-order valence-corrected chi connectivity index (χ1v) is 8.54. The van der Waals surface area contributed by atoms with E-state index in [-0.39, 0.29) is 0 Å². The number of anilines is 1. The Labute approximate surface area is 152 Å². The number of nitrogens with zero attached hydrogens (tertiary/aromatic N) is 4. The van der Waals surface area contributed by atoms with Crippen LogP contribution in [0.25, 0.3) is 0 Å². The van der Waals surface area contributed by atoms with Gasteiger partial charge in [-0.05, 0) is 37.2 Å². The third-order valence-corrected chi connectivity index (χ3v) is 4.28. The number of hydrogen-bond donors (Lipinski definition) is 2. The van der Waals surface area contributed by atoms with Crippen LogP contribution in [0.4, 0.5) is 5.82 Å². The largest absolute Gasteiger partial charge is 0.358 e. The highest BCUT2D eigenvalue weighted by Gasteiger charge is 2.06. The summed E-state index contributed by atoms with van der Waals surface area (Å²) in [6.45, 7) is 5.47. The van der Waals surface area contributed by atoms with Crippen molar-refractivity contribution in [2.24, 2.45) is 7.05 Å². The Kier molecular flexibility index (Phi) is 5.14. The van der Waals surface area contributed by atoms with Crippen molar-refractivity contribution in [2.75, 3.05) is 5.32 Å². The zero-order valence-corrected chi connectivity index (χ0v) is 15.5. The molecule has 3 aromatic rings. The molecule has 0 unspecified atom stereocenters. The summed E-state index contributed by atoms with van der Waals surface area (Å²) in [6, 6.07) is 10.2. The van der Waals surface area contributed by atoms with E-state index in [0.717, 1.165) is 23.6 Å². The Morgan fingerprint density at radius 1 is 1.12 bits per heavy atom. The molecule has 6 nitrogen and oxygen atoms in total. The van der Waals surface area contributed by atoms with Gasteiger partial charge >= 0.3 is 0 Å². The maximum absolute atomic E-state index is 5.35. The molecule has 3 rings (SSSR count). The maximum atomic E-state index is 5.35. The van der Waals surface area contributed by atoms with E-state index < -0.39 is 0 Å². The summed E-state index contributed by atoms with van der Waals surface area (Å²) in [5, 5.41) is 15.7. The van der Waals surface area contributed by atoms with Crippen molar-refractivity contribution >= 4 is 23.1 Å². The smallest absolute Gasteiger partial charge is 0.172 e. The minimum atomic E-state index is 0.546. The van der Waals surface area contributed by atoms with Gasteiger partial charge in [-0.3, -0.25) is 9.36 Å². The molecule has 0 saturated carbocycles. The molecule has 0 fully saturated rings. The molecule has 25 heavy (non-hydrogen) atoms. The number of aryl methyl sites for hydroxylation is 3. The molecule has 0 radical (unpaired) electrons. The van der Waals surface area contributed by atoms with Crippen molar-refractivity contribution in [3.05, 3.63) is 65.1 Å². The highest BCUT2D eigenvalue weighted by Crippen LogP contribution is 2.10. The van der Waals surface area contributed by atoms with Gasteiger partial charge in [0.15, 0.2) is 10.9 Å². The predicted octanol–water partition coefficient (Wildman–Crippen LogP) is 2.77. The van der Waals surface area contributed by atoms with Crippen LogP contribution in [0.1, 0.15) is 22.4 Å². The number of thiocarbonyl (C=S) groups is 1. The van der Waals surface area contributed by atoms with E-state index in [1.807, 2.05) is 49.2 Å². The van der Waals surface area contributed by atoms with Crippen molar-refractivity contribution in [3.63, 3.8) is 0 Å². The second-order valence-corrected chi connectivity index (χ2v) is 6.45. The van der Waals surface area contributed by atoms with Gasteiger partial charge in [0.1, 0.15) is 0 Å². The van der Waals surface area contributed by atoms with Crippen molar-refractivity contribution < 1.29 is 0 Å². The average molecular weight is 354 g/mol. The van der Waals surface area contributed by atoms with Gasteiger partial charge in [0.05, 0.1) is 12.2 Å². The minimum absolute atomic E-state index is 0.546. The highest BCUT2D eigenvalue weighted by molar-refractivity contribution is 7.80. The third-order valence-electron chi connectivity index (χ3n) is 4.03. The van der Waals surface area contributed by atoms with Gasteiger partial charge in [-0.15, -0.1) is 0 Å². The first-order valence-electron chi connectivity index (χ1n) is 8.13. The standard InChI is InChI=1S/C18H22N6S/c1-13-6-4-5-7-15(13)12-24-9-8-17(22-24)20-18(25)19-10-16-11-23(3)21-14(16)2/h4-9,11H,10,12H2,1-3H3,(H2,19,20,22,25). The molecule has 1 aromatic carbocycles. The lowest BCUT2D eigenvalue weighted by Gasteiger charge is -2.08. The Balaban J connectivity index is 1.55. The normalized spacial score (nSPS) is 10.7. The van der Waals surface area contributed by atoms with Crippen LogP contribution in [0.15, 0.2) is 42.7 Å². The quantitative estimate of drug-likeness (QED) is 0.690. The summed E-state index contributed by atoms with van der Waals surface area (Å²) in [5.74, 6) is 0.731. The molecule has 0 atom stereocenters. The van der Waals surface area contributed by atoms with Gasteiger partial charge in [0.2, 0.25) is 0 Å². The topological polar surface area (TPSA) is 59.7 Å². The van der Waals surface area contributed by atoms with E-state index >= 15 is 0 Å². The van der Waals surface area contributed by atoms with Gasteiger partial charge in [0, 0.05) is 37.6 Å². The van der Waals surface area contributed by atoms with E-state index in [1.165, 1.54) is 11.1 Å². The molecule has 2 heterocycles. The molecule has 0 aliphatic carbocycles. The number of hydrogen-bond acceptors (Lipinski definition) is 3. The second kappa shape index (κ2) is 7.48. The lowest BCUT2D eigenvalue weighted by molar-refractivity contribution is 0.687. The van der Waals surface area contributed by atoms with Gasteiger partial charge in [-0.1, -0.05) is 24.3 Å². The first-order chi connectivity index (χ1) is 12.0. The zero-order valence-electron chi connectivity index (χ0n) is 14.7. The fourth-order valence-corrected chi connectivity index (χ4v) is 2.81. The molecule has 0 saturated heterocycles. The van der Waals surface area contributed by atoms with Gasteiger partial charge in [-0.25, -0.2) is 0 Å². The minimum Gasteiger partial charge on any atom is -0.358 e. The molecule has 0 spiro atoms. The van der Waals surface area contributed by atoms with Gasteiger partial charge in [0.25, 0.3) is 0 Å². The Morgan fingerprint density at radius 2 is 1.92 bits per heavy atom. The van der Waals surface area contributed by atoms with Crippen LogP contribution >= 0.6 is 12.2 Å². The van der Waals surface area contributed by atoms with Crippen LogP contribution < -0.4 is 10.6 Å². The number of rotatable bonds is 5. The van der Waals surface area contributed by atoms with E-state index in [4.69, 9.17) is 12.2 Å². The molecule has 0 bridgehead atoms. The van der Waals surface area contributed by atoms with Crippen molar-refractivity contribution in [3.8, 4) is 0 Å². The fourth-order valence-electron chi connectivity index (χ4n) is 2.64. The van der Waals surface area contributed by atoms with Crippen LogP contribution in [-0.4, -0.2) is 24.7 Å². The van der Waals surface area contributed by atoms with E-state index in [2.05, 4.69) is 39.9 Å². The van der Waals surface area contributed by atoms with Gasteiger partial charge < -0.3 is 10.6 Å². The summed E-state index contributed by atoms with van der Waals surface area (Å²) in [6.07, 6.45) is 3.94. The first kappa shape index (κ1) is 17.2. The molecular weight excluding hydrogens is 332 g/mol. The zero-order chi connectivity index (χ0) is 17.8. The van der Waals surface area contributed by atoms with Crippen LogP contribution in [0, 0.1) is 13.8 Å². The van der Waals surface area contributed by atoms with E-state index in [1.54, 1.807) is 4.68 Å². The molecule has 0 amide bonds. The molecule has 2 aromatic heterocycles.